The van der Waals surface area contributed by atoms with Gasteiger partial charge in [-0.25, -0.2) is 33.7 Å². The molecule has 0 aromatic carbocycles. The first kappa shape index (κ1) is 50.3. The molecule has 5 saturated heterocycles. The molecule has 0 amide bonds. The van der Waals surface area contributed by atoms with Crippen molar-refractivity contribution < 1.29 is 128 Å². The van der Waals surface area contributed by atoms with E-state index in [-0.39, 0.29) is 125 Å². The van der Waals surface area contributed by atoms with Crippen LogP contribution in [0.5, 0.6) is 0 Å². The van der Waals surface area contributed by atoms with Crippen LogP contribution in [0.2, 0.25) is 0 Å². The molecule has 4 aliphatic carbocycles. The Morgan fingerprint density at radius 3 is 0.661 bits per heavy atom. The minimum absolute atomic E-state index is 0. The maximum Gasteiger partial charge on any atom is 2.00 e. The van der Waals surface area contributed by atoms with E-state index in [4.69, 9.17) is 0 Å². The molecule has 1 radical (unpaired) electrons. The Kier molecular flexibility index (Phi) is 15.8. The summed E-state index contributed by atoms with van der Waals surface area (Å²) in [5.41, 5.74) is 0. The van der Waals surface area contributed by atoms with Gasteiger partial charge < -0.3 is 18.2 Å². The fraction of sp³-hybridized carbons (Fsp3) is 1.00. The largest absolute Gasteiger partial charge is 2.00 e. The fourth-order valence-electron chi connectivity index (χ4n) is 13.4. The summed E-state index contributed by atoms with van der Waals surface area (Å²) in [5, 5.41) is 16.2. The molecule has 0 spiro atoms. The molecular weight excluding hydrogens is 926 g/mol. The van der Waals surface area contributed by atoms with Gasteiger partial charge in [0.2, 0.25) is 0 Å². The fourth-order valence-corrected chi connectivity index (χ4v) is 20.5. The van der Waals surface area contributed by atoms with Crippen molar-refractivity contribution in [2.75, 3.05) is 0 Å². The smallest absolute Gasteiger partial charge is 0.748 e. The average Bonchev–Trinajstić information content (AvgIpc) is 3.84. The van der Waals surface area contributed by atoms with Gasteiger partial charge in [0.05, 0.1) is 90.6 Å². The predicted molar refractivity (Wildman–Crippen MR) is 193 cm³/mol. The summed E-state index contributed by atoms with van der Waals surface area (Å²) in [6.45, 7) is 0. The van der Waals surface area contributed by atoms with Gasteiger partial charge in [0.25, 0.3) is 0 Å². The molecule has 0 aromatic rings. The summed E-state index contributed by atoms with van der Waals surface area (Å²) in [6, 6.07) is 0. The molecule has 20 nitrogen and oxygen atoms in total. The van der Waals surface area contributed by atoms with E-state index in [0.717, 1.165) is 77.0 Å². The normalized spacial score (nSPS) is 48.5. The number of nitrogens with one attached hydrogen (secondary N) is 8. The molecule has 27 heteroatoms. The maximum absolute atomic E-state index is 13.3. The van der Waals surface area contributed by atoms with Gasteiger partial charge in [0.1, 0.15) is 20.2 Å². The summed E-state index contributed by atoms with van der Waals surface area (Å²) >= 11 is 0. The first-order valence-electron chi connectivity index (χ1n) is 20.2. The van der Waals surface area contributed by atoms with Crippen molar-refractivity contribution in [3.63, 3.8) is 0 Å². The van der Waals surface area contributed by atoms with E-state index < -0.39 is 98.0 Å². The first-order valence-corrected chi connectivity index (χ1v) is 26.1. The topological polar surface area (TPSA) is 325 Å². The maximum atomic E-state index is 13.3. The summed E-state index contributed by atoms with van der Waals surface area (Å²) in [4.78, 5) is 0. The minimum Gasteiger partial charge on any atom is -0.748 e. The van der Waals surface area contributed by atoms with Crippen LogP contribution in [0, 0.1) is 47.3 Å². The molecule has 5 heterocycles. The van der Waals surface area contributed by atoms with E-state index in [0.29, 0.717) is 11.8 Å². The van der Waals surface area contributed by atoms with Crippen molar-refractivity contribution in [2.24, 2.45) is 47.3 Å². The summed E-state index contributed by atoms with van der Waals surface area (Å²) in [6.07, 6.45) is 6.60. The van der Waals surface area contributed by atoms with E-state index >= 15 is 0 Å². The van der Waals surface area contributed by atoms with Gasteiger partial charge in [-0.2, -0.15) is 0 Å². The van der Waals surface area contributed by atoms with Crippen molar-refractivity contribution >= 4 is 40.5 Å². The van der Waals surface area contributed by atoms with Crippen LogP contribution in [-0.4, -0.2) is 122 Å². The second-order valence-corrected chi connectivity index (χ2v) is 24.1. The number of hydrogen-bond donors (Lipinski definition) is 8. The van der Waals surface area contributed by atoms with Crippen LogP contribution in [0.1, 0.15) is 77.0 Å². The molecule has 0 aromatic heterocycles. The van der Waals surface area contributed by atoms with E-state index in [2.05, 4.69) is 42.5 Å². The van der Waals surface area contributed by atoms with Crippen LogP contribution < -0.4 is 102 Å². The van der Waals surface area contributed by atoms with Crippen molar-refractivity contribution in [1.29, 1.82) is 0 Å². The zero-order valence-corrected chi connectivity index (χ0v) is 41.1. The standard InChI is InChI=1S/C32H56N8O12S4.Cu.2Na/c41-53(42,43)21-19-20(22(54(44,45)46)24(56(50,51)52)23(21)55(47,48)49)32-39-30-18-12-6-4-10-16(18)28(37-30)35-26-14-8-2-1-7-13(14)25(33-26)34-27-15-9-3-5-11-17(15)29(36-27)38-31(19)40-32;;;/h13-40H,1-12H2,(H,41,42,43)(H,44,45,46)(H,47,48,49)(H,50,51,52);;;/q;+2;2*+1/p-4. The third kappa shape index (κ3) is 9.28. The van der Waals surface area contributed by atoms with Gasteiger partial charge in [-0.3, -0.25) is 42.5 Å². The summed E-state index contributed by atoms with van der Waals surface area (Å²) < 4.78 is 157. The van der Waals surface area contributed by atoms with E-state index in [1.807, 2.05) is 0 Å². The SMILES string of the molecule is O=S(=O)([O-])C1C2C3NC4NC(NC5NC(NC6NC(NC(N3)C2C(S(=O)(=O)[O-])C(S(=O)(=O)[O-])C1S(=O)(=O)[O-])C1CCCCC61)C1CCCCC51)C1CCCCC41.[Cu+2].[Na+].[Na+]. The van der Waals surface area contributed by atoms with Gasteiger partial charge >= 0.3 is 76.2 Å². The predicted octanol–water partition coefficient (Wildman–Crippen LogP) is -9.29. The zero-order valence-electron chi connectivity index (χ0n) is 32.9. The second kappa shape index (κ2) is 18.5. The zero-order chi connectivity index (χ0) is 39.7. The van der Waals surface area contributed by atoms with E-state index in [1.165, 1.54) is 0 Å². The Morgan fingerprint density at radius 2 is 0.475 bits per heavy atom. The van der Waals surface area contributed by atoms with Crippen LogP contribution in [0.15, 0.2) is 0 Å². The quantitative estimate of drug-likeness (QED) is 0.0958. The Balaban J connectivity index is 0.00000195. The van der Waals surface area contributed by atoms with Crippen molar-refractivity contribution in [3.05, 3.63) is 0 Å². The van der Waals surface area contributed by atoms with Gasteiger partial charge in [-0.1, -0.05) is 38.5 Å². The molecule has 20 atom stereocenters. The minimum atomic E-state index is -6.22. The van der Waals surface area contributed by atoms with Gasteiger partial charge in [-0.05, 0) is 74.0 Å². The molecule has 20 unspecified atom stereocenters. The van der Waals surface area contributed by atoms with Gasteiger partial charge in [0.15, 0.2) is 0 Å². The monoisotopic (exact) mass is 977 g/mol. The van der Waals surface area contributed by atoms with Crippen molar-refractivity contribution in [1.82, 2.24) is 42.5 Å². The molecule has 4 saturated carbocycles. The third-order valence-corrected chi connectivity index (χ3v) is 20.9. The van der Waals surface area contributed by atoms with Crippen LogP contribution in [0.4, 0.5) is 0 Å². The Hall–Kier alpha value is 1.84. The number of fused-ring (bicyclic) bond motifs is 20. The van der Waals surface area contributed by atoms with Gasteiger partial charge in [-0.15, -0.1) is 0 Å². The molecule has 59 heavy (non-hydrogen) atoms. The Bertz CT molecular complexity index is 1860. The van der Waals surface area contributed by atoms with E-state index in [1.54, 1.807) is 0 Å². The molecule has 329 valence electrons. The van der Waals surface area contributed by atoms with Crippen molar-refractivity contribution in [2.45, 2.75) is 147 Å². The second-order valence-electron chi connectivity index (χ2n) is 18.0. The third-order valence-electron chi connectivity index (χ3n) is 15.3. The Morgan fingerprint density at radius 1 is 0.305 bits per heavy atom. The summed E-state index contributed by atoms with van der Waals surface area (Å²) in [7, 11) is -24.4. The first-order chi connectivity index (χ1) is 26.3. The molecule has 9 rings (SSSR count). The molecule has 9 fully saturated rings. The number of rotatable bonds is 4. The molecule has 8 bridgehead atoms. The molecule has 5 aliphatic heterocycles. The van der Waals surface area contributed by atoms with Crippen LogP contribution in [-0.2, 0) is 57.5 Å². The molecular formula is C32H52CuN8Na2O12S4. The van der Waals surface area contributed by atoms with Crippen LogP contribution in [0.3, 0.4) is 0 Å². The Labute approximate surface area is 401 Å². The summed E-state index contributed by atoms with van der Waals surface area (Å²) in [5.74, 6) is -3.14. The van der Waals surface area contributed by atoms with Crippen molar-refractivity contribution in [3.8, 4) is 0 Å². The van der Waals surface area contributed by atoms with Crippen LogP contribution in [0.25, 0.3) is 0 Å². The molecule has 8 N–H and O–H groups in total. The molecule has 9 aliphatic rings. The average molecular weight is 979 g/mol. The van der Waals surface area contributed by atoms with E-state index in [9.17, 15) is 51.9 Å². The van der Waals surface area contributed by atoms with Crippen LogP contribution >= 0.6 is 0 Å². The van der Waals surface area contributed by atoms with Gasteiger partial charge in [0, 0.05) is 11.8 Å². The number of hydrogen-bond acceptors (Lipinski definition) is 20.